The van der Waals surface area contributed by atoms with Gasteiger partial charge in [0, 0.05) is 15.9 Å². The van der Waals surface area contributed by atoms with Crippen LogP contribution in [0.5, 0.6) is 5.75 Å². The summed E-state index contributed by atoms with van der Waals surface area (Å²) in [7, 11) is 1.63. The van der Waals surface area contributed by atoms with Crippen LogP contribution in [0.2, 0.25) is 0 Å². The normalized spacial score (nSPS) is 10.2. The number of hydrogen-bond acceptors (Lipinski definition) is 3. The average molecular weight is 366 g/mol. The molecule has 0 radical (unpaired) electrons. The third kappa shape index (κ3) is 5.44. The Balaban J connectivity index is 1.78. The highest BCUT2D eigenvalue weighted by Crippen LogP contribution is 2.20. The zero-order chi connectivity index (χ0) is 15.1. The molecule has 0 aliphatic heterocycles. The Labute approximate surface area is 137 Å². The van der Waals surface area contributed by atoms with Crippen LogP contribution in [0.1, 0.15) is 5.56 Å². The molecule has 21 heavy (non-hydrogen) atoms. The van der Waals surface area contributed by atoms with Crippen molar-refractivity contribution in [2.45, 2.75) is 11.4 Å². The maximum atomic E-state index is 11.8. The fraction of sp³-hybridized carbons (Fsp3) is 0.188. The molecular formula is C16H16BrNO2S. The molecule has 0 aromatic heterocycles. The summed E-state index contributed by atoms with van der Waals surface area (Å²) in [5, 5.41) is 2.91. The number of ether oxygens (including phenoxy) is 1. The van der Waals surface area contributed by atoms with Gasteiger partial charge in [-0.15, -0.1) is 11.8 Å². The molecule has 0 aliphatic carbocycles. The molecule has 0 aliphatic rings. The van der Waals surface area contributed by atoms with Crippen LogP contribution in [-0.4, -0.2) is 18.8 Å². The third-order valence-corrected chi connectivity index (χ3v) is 4.35. The summed E-state index contributed by atoms with van der Waals surface area (Å²) in [6, 6.07) is 15.6. The Morgan fingerprint density at radius 3 is 2.71 bits per heavy atom. The zero-order valence-corrected chi connectivity index (χ0v) is 14.0. The average Bonchev–Trinajstić information content (AvgIpc) is 2.52. The molecule has 0 atom stereocenters. The van der Waals surface area contributed by atoms with E-state index >= 15 is 0 Å². The van der Waals surface area contributed by atoms with Crippen LogP contribution < -0.4 is 10.1 Å². The van der Waals surface area contributed by atoms with E-state index in [1.807, 2.05) is 48.5 Å². The molecule has 5 heteroatoms. The van der Waals surface area contributed by atoms with Gasteiger partial charge in [0.05, 0.1) is 12.9 Å². The molecule has 0 saturated heterocycles. The van der Waals surface area contributed by atoms with Crippen molar-refractivity contribution >= 4 is 33.6 Å². The first-order valence-electron chi connectivity index (χ1n) is 6.45. The van der Waals surface area contributed by atoms with Gasteiger partial charge >= 0.3 is 0 Å². The van der Waals surface area contributed by atoms with Crippen molar-refractivity contribution in [3.05, 3.63) is 58.6 Å². The lowest BCUT2D eigenvalue weighted by Gasteiger charge is -2.07. The lowest BCUT2D eigenvalue weighted by Crippen LogP contribution is -2.24. The van der Waals surface area contributed by atoms with E-state index in [4.69, 9.17) is 4.74 Å². The van der Waals surface area contributed by atoms with Gasteiger partial charge in [0.25, 0.3) is 0 Å². The van der Waals surface area contributed by atoms with Crippen molar-refractivity contribution in [1.29, 1.82) is 0 Å². The lowest BCUT2D eigenvalue weighted by molar-refractivity contribution is -0.118. The second-order valence-electron chi connectivity index (χ2n) is 4.37. The van der Waals surface area contributed by atoms with E-state index in [2.05, 4.69) is 21.2 Å². The van der Waals surface area contributed by atoms with Crippen molar-refractivity contribution in [3.63, 3.8) is 0 Å². The lowest BCUT2D eigenvalue weighted by atomic mass is 10.2. The molecule has 2 aromatic rings. The Morgan fingerprint density at radius 1 is 1.24 bits per heavy atom. The molecule has 0 saturated carbocycles. The van der Waals surface area contributed by atoms with Crippen LogP contribution in [0.4, 0.5) is 0 Å². The standard InChI is InChI=1S/C16H16BrNO2S/c1-20-14-4-2-3-12(9-14)10-18-16(19)11-21-15-7-5-13(17)6-8-15/h2-9H,10-11H2,1H3,(H,18,19). The van der Waals surface area contributed by atoms with Crippen LogP contribution >= 0.6 is 27.7 Å². The predicted molar refractivity (Wildman–Crippen MR) is 89.7 cm³/mol. The first-order chi connectivity index (χ1) is 10.2. The van der Waals surface area contributed by atoms with Gasteiger partial charge in [-0.3, -0.25) is 4.79 Å². The minimum Gasteiger partial charge on any atom is -0.497 e. The predicted octanol–water partition coefficient (Wildman–Crippen LogP) is 3.87. The fourth-order valence-electron chi connectivity index (χ4n) is 1.71. The maximum absolute atomic E-state index is 11.8. The number of hydrogen-bond donors (Lipinski definition) is 1. The highest BCUT2D eigenvalue weighted by Gasteiger charge is 2.03. The minimum atomic E-state index is 0.0192. The number of carbonyl (C=O) groups is 1. The molecule has 0 heterocycles. The minimum absolute atomic E-state index is 0.0192. The smallest absolute Gasteiger partial charge is 0.230 e. The first-order valence-corrected chi connectivity index (χ1v) is 8.23. The molecular weight excluding hydrogens is 350 g/mol. The van der Waals surface area contributed by atoms with E-state index < -0.39 is 0 Å². The third-order valence-electron chi connectivity index (χ3n) is 2.81. The van der Waals surface area contributed by atoms with Crippen LogP contribution in [0.25, 0.3) is 0 Å². The molecule has 1 N–H and O–H groups in total. The number of halogens is 1. The van der Waals surface area contributed by atoms with Crippen LogP contribution in [0, 0.1) is 0 Å². The van der Waals surface area contributed by atoms with Gasteiger partial charge in [0.15, 0.2) is 0 Å². The Morgan fingerprint density at radius 2 is 2.00 bits per heavy atom. The van der Waals surface area contributed by atoms with E-state index in [1.54, 1.807) is 7.11 Å². The van der Waals surface area contributed by atoms with Crippen molar-refractivity contribution < 1.29 is 9.53 Å². The van der Waals surface area contributed by atoms with E-state index in [0.717, 1.165) is 20.7 Å². The largest absolute Gasteiger partial charge is 0.497 e. The molecule has 110 valence electrons. The molecule has 1 amide bonds. The van der Waals surface area contributed by atoms with Gasteiger partial charge in [-0.2, -0.15) is 0 Å². The summed E-state index contributed by atoms with van der Waals surface area (Å²) in [5.74, 6) is 1.22. The molecule has 3 nitrogen and oxygen atoms in total. The SMILES string of the molecule is COc1cccc(CNC(=O)CSc2ccc(Br)cc2)c1. The summed E-state index contributed by atoms with van der Waals surface area (Å²) >= 11 is 4.91. The molecule has 2 aromatic carbocycles. The molecule has 0 spiro atoms. The molecule has 0 fully saturated rings. The first kappa shape index (κ1) is 15.9. The van der Waals surface area contributed by atoms with E-state index in [-0.39, 0.29) is 5.91 Å². The number of rotatable bonds is 6. The fourth-order valence-corrected chi connectivity index (χ4v) is 2.71. The Bertz CT molecular complexity index is 601. The second-order valence-corrected chi connectivity index (χ2v) is 6.34. The number of benzene rings is 2. The number of nitrogens with one attached hydrogen (secondary N) is 1. The monoisotopic (exact) mass is 365 g/mol. The Kier molecular flexibility index (Phi) is 6.14. The summed E-state index contributed by atoms with van der Waals surface area (Å²) in [5.41, 5.74) is 1.02. The molecule has 0 unspecified atom stereocenters. The topological polar surface area (TPSA) is 38.3 Å². The van der Waals surface area contributed by atoms with Gasteiger partial charge in [0.1, 0.15) is 5.75 Å². The quantitative estimate of drug-likeness (QED) is 0.789. The maximum Gasteiger partial charge on any atom is 0.230 e. The van der Waals surface area contributed by atoms with Crippen LogP contribution in [0.3, 0.4) is 0 Å². The van der Waals surface area contributed by atoms with Crippen LogP contribution in [0.15, 0.2) is 57.9 Å². The summed E-state index contributed by atoms with van der Waals surface area (Å²) in [6.45, 7) is 0.511. The molecule has 2 rings (SSSR count). The highest BCUT2D eigenvalue weighted by molar-refractivity contribution is 9.10. The van der Waals surface area contributed by atoms with Gasteiger partial charge in [0.2, 0.25) is 5.91 Å². The Hall–Kier alpha value is -1.46. The molecule has 0 bridgehead atoms. The number of methoxy groups -OCH3 is 1. The van der Waals surface area contributed by atoms with Crippen molar-refractivity contribution in [2.24, 2.45) is 0 Å². The zero-order valence-electron chi connectivity index (χ0n) is 11.6. The van der Waals surface area contributed by atoms with E-state index in [9.17, 15) is 4.79 Å². The number of carbonyl (C=O) groups excluding carboxylic acids is 1. The van der Waals surface area contributed by atoms with Crippen molar-refractivity contribution in [2.75, 3.05) is 12.9 Å². The van der Waals surface area contributed by atoms with Gasteiger partial charge < -0.3 is 10.1 Å². The highest BCUT2D eigenvalue weighted by atomic mass is 79.9. The van der Waals surface area contributed by atoms with Gasteiger partial charge in [-0.25, -0.2) is 0 Å². The summed E-state index contributed by atoms with van der Waals surface area (Å²) in [6.07, 6.45) is 0. The van der Waals surface area contributed by atoms with Gasteiger partial charge in [-0.1, -0.05) is 28.1 Å². The van der Waals surface area contributed by atoms with Crippen molar-refractivity contribution in [3.8, 4) is 5.75 Å². The number of amides is 1. The second kappa shape index (κ2) is 8.10. The van der Waals surface area contributed by atoms with E-state index in [0.29, 0.717) is 12.3 Å². The van der Waals surface area contributed by atoms with Crippen LogP contribution in [-0.2, 0) is 11.3 Å². The van der Waals surface area contributed by atoms with Gasteiger partial charge in [-0.05, 0) is 42.0 Å². The summed E-state index contributed by atoms with van der Waals surface area (Å²) in [4.78, 5) is 12.9. The number of thioether (sulfide) groups is 1. The van der Waals surface area contributed by atoms with E-state index in [1.165, 1.54) is 11.8 Å². The van der Waals surface area contributed by atoms with Crippen molar-refractivity contribution in [1.82, 2.24) is 5.32 Å². The summed E-state index contributed by atoms with van der Waals surface area (Å²) < 4.78 is 6.19.